The topological polar surface area (TPSA) is 72.4 Å². The molecule has 0 unspecified atom stereocenters. The minimum atomic E-state index is -0.532. The summed E-state index contributed by atoms with van der Waals surface area (Å²) in [6.07, 6.45) is 3.16. The zero-order chi connectivity index (χ0) is 19.5. The predicted octanol–water partition coefficient (Wildman–Crippen LogP) is 4.23. The molecule has 28 heavy (non-hydrogen) atoms. The number of benzene rings is 2. The van der Waals surface area contributed by atoms with Crippen LogP contribution in [0.1, 0.15) is 17.5 Å². The zero-order valence-electron chi connectivity index (χ0n) is 15.5. The van der Waals surface area contributed by atoms with Crippen LogP contribution in [0.25, 0.3) is 28.2 Å². The van der Waals surface area contributed by atoms with E-state index < -0.39 is 6.29 Å². The first-order valence-electron chi connectivity index (χ1n) is 8.74. The third-order valence-corrected chi connectivity index (χ3v) is 4.59. The summed E-state index contributed by atoms with van der Waals surface area (Å²) in [6, 6.07) is 19.7. The van der Waals surface area contributed by atoms with Crippen molar-refractivity contribution in [1.82, 2.24) is 14.4 Å². The summed E-state index contributed by atoms with van der Waals surface area (Å²) in [6.45, 7) is 0. The van der Waals surface area contributed by atoms with Crippen molar-refractivity contribution in [3.05, 3.63) is 78.2 Å². The van der Waals surface area contributed by atoms with Crippen LogP contribution in [0.2, 0.25) is 0 Å². The molecular formula is C22H18N4O2. The number of nitrogens with zero attached hydrogens (tertiary/aromatic N) is 4. The first-order valence-corrected chi connectivity index (χ1v) is 8.74. The van der Waals surface area contributed by atoms with Gasteiger partial charge in [-0.3, -0.25) is 4.40 Å². The normalized spacial score (nSPS) is 11.1. The maximum atomic E-state index is 9.39. The van der Waals surface area contributed by atoms with Gasteiger partial charge in [0.05, 0.1) is 23.5 Å². The van der Waals surface area contributed by atoms with Crippen LogP contribution >= 0.6 is 0 Å². The van der Waals surface area contributed by atoms with Crippen molar-refractivity contribution in [2.24, 2.45) is 0 Å². The Hall–Kier alpha value is -3.53. The predicted molar refractivity (Wildman–Crippen MR) is 105 cm³/mol. The molecular weight excluding hydrogens is 352 g/mol. The summed E-state index contributed by atoms with van der Waals surface area (Å²) in [4.78, 5) is 8.96. The zero-order valence-corrected chi connectivity index (χ0v) is 15.5. The van der Waals surface area contributed by atoms with Crippen molar-refractivity contribution >= 4 is 5.78 Å². The number of methoxy groups -OCH3 is 2. The Morgan fingerprint density at radius 1 is 1.00 bits per heavy atom. The molecule has 0 bridgehead atoms. The molecule has 4 aromatic rings. The summed E-state index contributed by atoms with van der Waals surface area (Å²) >= 11 is 0. The Morgan fingerprint density at radius 2 is 1.79 bits per heavy atom. The lowest BCUT2D eigenvalue weighted by Crippen LogP contribution is -2.07. The smallest absolute Gasteiger partial charge is 0.234 e. The standard InChI is InChI=1S/C22H18N4O2/c1-27-21(28-2)19-10-11-26-20(14-24-22(26)25-19)16-8-5-7-15(12-16)18-9-4-3-6-17(18)13-23/h3-12,14,21H,1-2H3. The maximum absolute atomic E-state index is 9.39. The molecule has 0 amide bonds. The van der Waals surface area contributed by atoms with Crippen LogP contribution in [0.5, 0.6) is 0 Å². The monoisotopic (exact) mass is 370 g/mol. The van der Waals surface area contributed by atoms with E-state index in [0.29, 0.717) is 17.0 Å². The number of hydrogen-bond acceptors (Lipinski definition) is 5. The van der Waals surface area contributed by atoms with Crippen molar-refractivity contribution < 1.29 is 9.47 Å². The van der Waals surface area contributed by atoms with Gasteiger partial charge in [0.25, 0.3) is 0 Å². The van der Waals surface area contributed by atoms with Crippen molar-refractivity contribution in [2.45, 2.75) is 6.29 Å². The van der Waals surface area contributed by atoms with E-state index in [2.05, 4.69) is 22.1 Å². The molecule has 0 aliphatic heterocycles. The number of nitriles is 1. The number of aromatic nitrogens is 3. The van der Waals surface area contributed by atoms with Crippen LogP contribution in [0.4, 0.5) is 0 Å². The van der Waals surface area contributed by atoms with Gasteiger partial charge in [0.1, 0.15) is 5.69 Å². The van der Waals surface area contributed by atoms with E-state index in [9.17, 15) is 5.26 Å². The highest BCUT2D eigenvalue weighted by atomic mass is 16.7. The number of fused-ring (bicyclic) bond motifs is 1. The highest BCUT2D eigenvalue weighted by molar-refractivity contribution is 5.75. The second kappa shape index (κ2) is 7.61. The summed E-state index contributed by atoms with van der Waals surface area (Å²) in [5, 5.41) is 9.39. The van der Waals surface area contributed by atoms with Gasteiger partial charge in [0.15, 0.2) is 0 Å². The lowest BCUT2D eigenvalue weighted by Gasteiger charge is -2.12. The van der Waals surface area contributed by atoms with E-state index in [1.54, 1.807) is 20.4 Å². The van der Waals surface area contributed by atoms with E-state index in [1.165, 1.54) is 0 Å². The van der Waals surface area contributed by atoms with Crippen LogP contribution < -0.4 is 0 Å². The Balaban J connectivity index is 1.78. The van der Waals surface area contributed by atoms with Gasteiger partial charge in [-0.05, 0) is 29.3 Å². The van der Waals surface area contributed by atoms with Gasteiger partial charge in [-0.2, -0.15) is 5.26 Å². The minimum Gasteiger partial charge on any atom is -0.350 e. The van der Waals surface area contributed by atoms with E-state index in [-0.39, 0.29) is 0 Å². The van der Waals surface area contributed by atoms with E-state index in [4.69, 9.17) is 9.47 Å². The van der Waals surface area contributed by atoms with Gasteiger partial charge in [0.2, 0.25) is 12.1 Å². The number of rotatable bonds is 5. The number of ether oxygens (including phenoxy) is 2. The third kappa shape index (κ3) is 3.14. The molecule has 6 nitrogen and oxygen atoms in total. The van der Waals surface area contributed by atoms with E-state index in [1.807, 2.05) is 59.1 Å². The SMILES string of the molecule is COC(OC)c1ccn2c(-c3cccc(-c4ccccc4C#N)c3)cnc2n1. The Labute approximate surface area is 162 Å². The fraction of sp³-hybridized carbons (Fsp3) is 0.136. The minimum absolute atomic E-state index is 0.532. The van der Waals surface area contributed by atoms with Gasteiger partial charge in [-0.15, -0.1) is 0 Å². The largest absolute Gasteiger partial charge is 0.350 e. The molecule has 0 fully saturated rings. The molecule has 0 saturated carbocycles. The van der Waals surface area contributed by atoms with Gasteiger partial charge < -0.3 is 9.47 Å². The van der Waals surface area contributed by atoms with Gasteiger partial charge in [0, 0.05) is 26.0 Å². The molecule has 0 saturated heterocycles. The second-order valence-electron chi connectivity index (χ2n) is 6.21. The average molecular weight is 370 g/mol. The second-order valence-corrected chi connectivity index (χ2v) is 6.21. The van der Waals surface area contributed by atoms with Crippen molar-refractivity contribution in [2.75, 3.05) is 14.2 Å². The summed E-state index contributed by atoms with van der Waals surface area (Å²) in [7, 11) is 3.14. The van der Waals surface area contributed by atoms with E-state index in [0.717, 1.165) is 22.4 Å². The first kappa shape index (κ1) is 17.9. The lowest BCUT2D eigenvalue weighted by atomic mass is 9.98. The van der Waals surface area contributed by atoms with Crippen LogP contribution in [0.15, 0.2) is 67.0 Å². The molecule has 2 heterocycles. The molecule has 4 rings (SSSR count). The molecule has 0 aliphatic carbocycles. The quantitative estimate of drug-likeness (QED) is 0.492. The number of imidazole rings is 1. The average Bonchev–Trinajstić information content (AvgIpc) is 3.18. The van der Waals surface area contributed by atoms with Crippen LogP contribution in [-0.2, 0) is 9.47 Å². The van der Waals surface area contributed by atoms with Crippen LogP contribution in [0, 0.1) is 11.3 Å². The summed E-state index contributed by atoms with van der Waals surface area (Å²) in [5.74, 6) is 0.564. The Kier molecular flexibility index (Phi) is 4.85. The first-order chi connectivity index (χ1) is 13.7. The molecule has 0 atom stereocenters. The fourth-order valence-corrected chi connectivity index (χ4v) is 3.25. The fourth-order valence-electron chi connectivity index (χ4n) is 3.25. The van der Waals surface area contributed by atoms with Crippen molar-refractivity contribution in [3.8, 4) is 28.5 Å². The molecule has 2 aromatic heterocycles. The van der Waals surface area contributed by atoms with E-state index >= 15 is 0 Å². The molecule has 0 N–H and O–H groups in total. The molecule has 0 aliphatic rings. The van der Waals surface area contributed by atoms with Crippen LogP contribution in [-0.4, -0.2) is 28.6 Å². The van der Waals surface area contributed by atoms with Gasteiger partial charge in [-0.1, -0.05) is 36.4 Å². The molecule has 138 valence electrons. The summed E-state index contributed by atoms with van der Waals surface area (Å²) in [5.41, 5.74) is 5.09. The lowest BCUT2D eigenvalue weighted by molar-refractivity contribution is -0.108. The Morgan fingerprint density at radius 3 is 2.57 bits per heavy atom. The van der Waals surface area contributed by atoms with Gasteiger partial charge >= 0.3 is 0 Å². The molecule has 2 aromatic carbocycles. The maximum Gasteiger partial charge on any atom is 0.234 e. The van der Waals surface area contributed by atoms with Crippen molar-refractivity contribution in [3.63, 3.8) is 0 Å². The number of hydrogen-bond donors (Lipinski definition) is 0. The molecule has 0 spiro atoms. The molecule has 6 heteroatoms. The highest BCUT2D eigenvalue weighted by Crippen LogP contribution is 2.29. The third-order valence-electron chi connectivity index (χ3n) is 4.59. The van der Waals surface area contributed by atoms with Crippen LogP contribution in [0.3, 0.4) is 0 Å². The summed E-state index contributed by atoms with van der Waals surface area (Å²) < 4.78 is 12.4. The van der Waals surface area contributed by atoms with Gasteiger partial charge in [-0.25, -0.2) is 9.97 Å². The molecule has 0 radical (unpaired) electrons. The van der Waals surface area contributed by atoms with Crippen molar-refractivity contribution in [1.29, 1.82) is 5.26 Å². The Bertz CT molecular complexity index is 1170. The highest BCUT2D eigenvalue weighted by Gasteiger charge is 2.14.